The van der Waals surface area contributed by atoms with Crippen LogP contribution in [0.25, 0.3) is 21.9 Å². The molecule has 0 fully saturated rings. The number of fused-ring (bicyclic) bond motifs is 4. The summed E-state index contributed by atoms with van der Waals surface area (Å²) < 4.78 is 0. The lowest BCUT2D eigenvalue weighted by Crippen LogP contribution is -2.12. The smallest absolute Gasteiger partial charge is 0.167 e. The van der Waals surface area contributed by atoms with Crippen LogP contribution in [0.4, 0.5) is 0 Å². The second kappa shape index (κ2) is 3.79. The summed E-state index contributed by atoms with van der Waals surface area (Å²) in [5.74, 6) is 0.221. The van der Waals surface area contributed by atoms with Crippen molar-refractivity contribution in [3.63, 3.8) is 0 Å². The average Bonchev–Trinajstić information content (AvgIpc) is 2.46. The van der Waals surface area contributed by atoms with E-state index in [1.54, 1.807) is 0 Å². The van der Waals surface area contributed by atoms with Crippen LogP contribution in [0.1, 0.15) is 15.9 Å². The number of carbonyl (C=O) groups is 1. The van der Waals surface area contributed by atoms with Crippen LogP contribution < -0.4 is 0 Å². The zero-order valence-electron chi connectivity index (χ0n) is 10.4. The van der Waals surface area contributed by atoms with Crippen molar-refractivity contribution >= 4 is 16.6 Å². The van der Waals surface area contributed by atoms with Gasteiger partial charge in [0, 0.05) is 12.0 Å². The molecular formula is C18H12O. The van der Waals surface area contributed by atoms with Gasteiger partial charge in [0.2, 0.25) is 0 Å². The molecule has 19 heavy (non-hydrogen) atoms. The first-order chi connectivity index (χ1) is 9.33. The lowest BCUT2D eigenvalue weighted by atomic mass is 9.83. The van der Waals surface area contributed by atoms with Crippen LogP contribution in [0.3, 0.4) is 0 Å². The normalized spacial score (nSPS) is 13.2. The van der Waals surface area contributed by atoms with Gasteiger partial charge in [-0.05, 0) is 33.5 Å². The molecule has 0 aromatic heterocycles. The third-order valence-corrected chi connectivity index (χ3v) is 3.84. The fraction of sp³-hybridized carbons (Fsp3) is 0.0556. The molecule has 0 spiro atoms. The van der Waals surface area contributed by atoms with E-state index in [-0.39, 0.29) is 5.78 Å². The largest absolute Gasteiger partial charge is 0.294 e. The molecule has 0 heterocycles. The molecule has 0 saturated carbocycles. The van der Waals surface area contributed by atoms with Crippen molar-refractivity contribution in [3.05, 3.63) is 71.8 Å². The summed E-state index contributed by atoms with van der Waals surface area (Å²) in [6.07, 6.45) is 0.511. The second-order valence-corrected chi connectivity index (χ2v) is 5.00. The first kappa shape index (κ1) is 10.5. The predicted octanol–water partition coefficient (Wildman–Crippen LogP) is 4.25. The Morgan fingerprint density at radius 2 is 1.32 bits per heavy atom. The Morgan fingerprint density at radius 3 is 2.11 bits per heavy atom. The Morgan fingerprint density at radius 1 is 0.684 bits per heavy atom. The molecule has 1 aliphatic rings. The van der Waals surface area contributed by atoms with E-state index in [4.69, 9.17) is 0 Å². The highest BCUT2D eigenvalue weighted by Crippen LogP contribution is 2.35. The predicted molar refractivity (Wildman–Crippen MR) is 77.4 cm³/mol. The Balaban J connectivity index is 2.09. The highest BCUT2D eigenvalue weighted by Gasteiger charge is 2.22. The van der Waals surface area contributed by atoms with Gasteiger partial charge in [0.1, 0.15) is 0 Å². The summed E-state index contributed by atoms with van der Waals surface area (Å²) in [5.41, 5.74) is 4.26. The first-order valence-electron chi connectivity index (χ1n) is 6.47. The molecular weight excluding hydrogens is 232 g/mol. The lowest BCUT2D eigenvalue weighted by molar-refractivity contribution is 0.0992. The van der Waals surface area contributed by atoms with Gasteiger partial charge in [-0.15, -0.1) is 0 Å². The van der Waals surface area contributed by atoms with Crippen molar-refractivity contribution in [3.8, 4) is 11.1 Å². The van der Waals surface area contributed by atoms with Gasteiger partial charge in [-0.25, -0.2) is 0 Å². The molecule has 0 atom stereocenters. The van der Waals surface area contributed by atoms with E-state index < -0.39 is 0 Å². The number of rotatable bonds is 0. The van der Waals surface area contributed by atoms with Crippen LogP contribution in [-0.2, 0) is 6.42 Å². The minimum Gasteiger partial charge on any atom is -0.294 e. The zero-order valence-corrected chi connectivity index (χ0v) is 10.4. The van der Waals surface area contributed by atoms with Crippen molar-refractivity contribution in [1.82, 2.24) is 0 Å². The molecule has 3 aromatic carbocycles. The van der Waals surface area contributed by atoms with E-state index in [0.717, 1.165) is 16.7 Å². The standard InChI is InChI=1S/C18H12O/c19-18-11-14-9-12-5-1-2-6-13(12)10-17(14)15-7-3-4-8-16(15)18/h1-10H,11H2. The van der Waals surface area contributed by atoms with E-state index >= 15 is 0 Å². The SMILES string of the molecule is O=C1Cc2cc3ccccc3cc2-c2ccccc21. The van der Waals surface area contributed by atoms with Crippen LogP contribution in [0, 0.1) is 0 Å². The highest BCUT2D eigenvalue weighted by atomic mass is 16.1. The van der Waals surface area contributed by atoms with Gasteiger partial charge in [-0.1, -0.05) is 54.6 Å². The number of benzene rings is 3. The summed E-state index contributed by atoms with van der Waals surface area (Å²) in [5, 5.41) is 2.43. The molecule has 0 radical (unpaired) electrons. The average molecular weight is 244 g/mol. The molecule has 0 bridgehead atoms. The van der Waals surface area contributed by atoms with E-state index in [1.165, 1.54) is 16.3 Å². The van der Waals surface area contributed by atoms with Crippen molar-refractivity contribution in [2.75, 3.05) is 0 Å². The van der Waals surface area contributed by atoms with Gasteiger partial charge >= 0.3 is 0 Å². The van der Waals surface area contributed by atoms with Crippen LogP contribution in [0.5, 0.6) is 0 Å². The number of ketones is 1. The van der Waals surface area contributed by atoms with E-state index in [2.05, 4.69) is 30.3 Å². The van der Waals surface area contributed by atoms with Gasteiger partial charge in [0.25, 0.3) is 0 Å². The molecule has 0 unspecified atom stereocenters. The topological polar surface area (TPSA) is 17.1 Å². The summed E-state index contributed by atoms with van der Waals surface area (Å²) in [4.78, 5) is 12.2. The lowest BCUT2D eigenvalue weighted by Gasteiger charge is -2.19. The minimum absolute atomic E-state index is 0.221. The van der Waals surface area contributed by atoms with E-state index in [0.29, 0.717) is 6.42 Å². The van der Waals surface area contributed by atoms with Gasteiger partial charge in [-0.2, -0.15) is 0 Å². The Bertz CT molecular complexity index is 815. The summed E-state index contributed by atoms with van der Waals surface area (Å²) in [6.45, 7) is 0. The molecule has 0 amide bonds. The third kappa shape index (κ3) is 1.52. The van der Waals surface area contributed by atoms with Crippen LogP contribution in [-0.4, -0.2) is 5.78 Å². The maximum Gasteiger partial charge on any atom is 0.167 e. The molecule has 3 aromatic rings. The van der Waals surface area contributed by atoms with Crippen molar-refractivity contribution in [2.45, 2.75) is 6.42 Å². The highest BCUT2D eigenvalue weighted by molar-refractivity contribution is 6.08. The summed E-state index contributed by atoms with van der Waals surface area (Å²) >= 11 is 0. The van der Waals surface area contributed by atoms with Crippen LogP contribution in [0.2, 0.25) is 0 Å². The third-order valence-electron chi connectivity index (χ3n) is 3.84. The van der Waals surface area contributed by atoms with Crippen LogP contribution in [0.15, 0.2) is 60.7 Å². The van der Waals surface area contributed by atoms with Gasteiger partial charge in [-0.3, -0.25) is 4.79 Å². The van der Waals surface area contributed by atoms with E-state index in [9.17, 15) is 4.79 Å². The molecule has 90 valence electrons. The van der Waals surface area contributed by atoms with Gasteiger partial charge < -0.3 is 0 Å². The number of hydrogen-bond donors (Lipinski definition) is 0. The monoisotopic (exact) mass is 244 g/mol. The molecule has 0 N–H and O–H groups in total. The van der Waals surface area contributed by atoms with Crippen molar-refractivity contribution in [2.24, 2.45) is 0 Å². The van der Waals surface area contributed by atoms with Gasteiger partial charge in [0.05, 0.1) is 0 Å². The molecule has 4 rings (SSSR count). The number of hydrogen-bond acceptors (Lipinski definition) is 1. The minimum atomic E-state index is 0.221. The Hall–Kier alpha value is -2.41. The van der Waals surface area contributed by atoms with Crippen LogP contribution >= 0.6 is 0 Å². The van der Waals surface area contributed by atoms with Gasteiger partial charge in [0.15, 0.2) is 5.78 Å². The quantitative estimate of drug-likeness (QED) is 0.578. The zero-order chi connectivity index (χ0) is 12.8. The number of Topliss-reactive ketones (excluding diaryl/α,β-unsaturated/α-hetero) is 1. The maximum absolute atomic E-state index is 12.2. The Labute approximate surface area is 111 Å². The molecule has 1 aliphatic carbocycles. The van der Waals surface area contributed by atoms with Crippen molar-refractivity contribution in [1.29, 1.82) is 0 Å². The first-order valence-corrected chi connectivity index (χ1v) is 6.47. The fourth-order valence-corrected chi connectivity index (χ4v) is 2.91. The van der Waals surface area contributed by atoms with E-state index in [1.807, 2.05) is 30.3 Å². The summed E-state index contributed by atoms with van der Waals surface area (Å²) in [7, 11) is 0. The molecule has 1 nitrogen and oxygen atoms in total. The van der Waals surface area contributed by atoms with Crippen molar-refractivity contribution < 1.29 is 4.79 Å². The molecule has 0 aliphatic heterocycles. The number of carbonyl (C=O) groups excluding carboxylic acids is 1. The second-order valence-electron chi connectivity index (χ2n) is 5.00. The fourth-order valence-electron chi connectivity index (χ4n) is 2.91. The molecule has 0 saturated heterocycles. The Kier molecular flexibility index (Phi) is 2.10. The summed E-state index contributed by atoms with van der Waals surface area (Å²) in [6, 6.07) is 20.6. The molecule has 1 heteroatoms. The maximum atomic E-state index is 12.2.